The van der Waals surface area contributed by atoms with Gasteiger partial charge in [0, 0.05) is 18.4 Å². The highest BCUT2D eigenvalue weighted by Crippen LogP contribution is 2.18. The van der Waals surface area contributed by atoms with Gasteiger partial charge < -0.3 is 10.6 Å². The van der Waals surface area contributed by atoms with E-state index in [9.17, 15) is 14.0 Å². The van der Waals surface area contributed by atoms with Crippen LogP contribution >= 0.6 is 11.8 Å². The lowest BCUT2D eigenvalue weighted by Crippen LogP contribution is -2.49. The van der Waals surface area contributed by atoms with Crippen LogP contribution in [0, 0.1) is 11.7 Å². The Morgan fingerprint density at radius 3 is 2.41 bits per heavy atom. The summed E-state index contributed by atoms with van der Waals surface area (Å²) in [6, 6.07) is 5.85. The van der Waals surface area contributed by atoms with Crippen molar-refractivity contribution in [2.75, 3.05) is 12.3 Å². The molecular weight excluding hydrogens is 303 g/mol. The van der Waals surface area contributed by atoms with E-state index in [-0.39, 0.29) is 23.5 Å². The summed E-state index contributed by atoms with van der Waals surface area (Å²) >= 11 is 1.62. The van der Waals surface area contributed by atoms with Crippen molar-refractivity contribution in [3.8, 4) is 0 Å². The molecule has 2 amide bonds. The Kier molecular flexibility index (Phi) is 7.95. The summed E-state index contributed by atoms with van der Waals surface area (Å²) in [5.41, 5.74) is 0. The number of nitrogens with one attached hydrogen (secondary N) is 2. The average molecular weight is 326 g/mol. The molecule has 0 unspecified atom stereocenters. The smallest absolute Gasteiger partial charge is 0.242 e. The van der Waals surface area contributed by atoms with E-state index in [0.29, 0.717) is 6.54 Å². The second-order valence-electron chi connectivity index (χ2n) is 5.37. The molecule has 0 aliphatic heterocycles. The average Bonchev–Trinajstić information content (AvgIpc) is 2.45. The first-order chi connectivity index (χ1) is 10.4. The molecule has 1 atom stereocenters. The Labute approximate surface area is 135 Å². The Hall–Kier alpha value is -1.56. The van der Waals surface area contributed by atoms with Crippen LogP contribution in [0.3, 0.4) is 0 Å². The minimum Gasteiger partial charge on any atom is -0.354 e. The van der Waals surface area contributed by atoms with Gasteiger partial charge >= 0.3 is 0 Å². The van der Waals surface area contributed by atoms with Crippen molar-refractivity contribution in [2.24, 2.45) is 5.92 Å². The van der Waals surface area contributed by atoms with E-state index < -0.39 is 6.04 Å². The van der Waals surface area contributed by atoms with Crippen molar-refractivity contribution in [3.63, 3.8) is 0 Å². The van der Waals surface area contributed by atoms with Crippen molar-refractivity contribution in [3.05, 3.63) is 30.1 Å². The second-order valence-corrected chi connectivity index (χ2v) is 6.54. The Morgan fingerprint density at radius 1 is 1.23 bits per heavy atom. The molecule has 1 rings (SSSR count). The van der Waals surface area contributed by atoms with E-state index in [0.717, 1.165) is 17.1 Å². The van der Waals surface area contributed by atoms with Gasteiger partial charge in [0.05, 0.1) is 0 Å². The van der Waals surface area contributed by atoms with Gasteiger partial charge in [-0.15, -0.1) is 11.8 Å². The highest BCUT2D eigenvalue weighted by Gasteiger charge is 2.22. The molecular formula is C16H23FN2O2S. The fourth-order valence-corrected chi connectivity index (χ4v) is 2.72. The zero-order valence-electron chi connectivity index (χ0n) is 13.2. The van der Waals surface area contributed by atoms with Crippen molar-refractivity contribution in [2.45, 2.75) is 38.1 Å². The first kappa shape index (κ1) is 18.5. The number of hydrogen-bond donors (Lipinski definition) is 2. The van der Waals surface area contributed by atoms with Gasteiger partial charge in [0.15, 0.2) is 0 Å². The summed E-state index contributed by atoms with van der Waals surface area (Å²) in [6.45, 7) is 5.74. The third-order valence-corrected chi connectivity index (χ3v) is 4.11. The van der Waals surface area contributed by atoms with E-state index in [1.54, 1.807) is 23.9 Å². The normalized spacial score (nSPS) is 12.0. The molecule has 1 aromatic carbocycles. The van der Waals surface area contributed by atoms with Gasteiger partial charge in [0.1, 0.15) is 11.9 Å². The summed E-state index contributed by atoms with van der Waals surface area (Å²) in [5.74, 6) is 0.266. The molecule has 0 heterocycles. The molecule has 0 fully saturated rings. The Balaban J connectivity index is 2.26. The van der Waals surface area contributed by atoms with Crippen LogP contribution < -0.4 is 10.6 Å². The number of rotatable bonds is 8. The molecule has 4 nitrogen and oxygen atoms in total. The summed E-state index contributed by atoms with van der Waals surface area (Å²) in [5, 5.41) is 5.50. The van der Waals surface area contributed by atoms with E-state index >= 15 is 0 Å². The number of benzene rings is 1. The molecule has 0 bridgehead atoms. The van der Waals surface area contributed by atoms with Crippen LogP contribution in [-0.2, 0) is 9.59 Å². The minimum atomic E-state index is -0.498. The summed E-state index contributed by atoms with van der Waals surface area (Å²) < 4.78 is 12.8. The maximum absolute atomic E-state index is 12.8. The lowest BCUT2D eigenvalue weighted by Gasteiger charge is -2.20. The van der Waals surface area contributed by atoms with Crippen LogP contribution in [0.4, 0.5) is 4.39 Å². The Bertz CT molecular complexity index is 491. The molecule has 1 aromatic rings. The van der Waals surface area contributed by atoms with Gasteiger partial charge in [-0.2, -0.15) is 0 Å². The number of halogens is 1. The zero-order chi connectivity index (χ0) is 16.5. The predicted molar refractivity (Wildman–Crippen MR) is 87.2 cm³/mol. The monoisotopic (exact) mass is 326 g/mol. The fraction of sp³-hybridized carbons (Fsp3) is 0.500. The van der Waals surface area contributed by atoms with Crippen LogP contribution in [0.5, 0.6) is 0 Å². The first-order valence-corrected chi connectivity index (χ1v) is 8.32. The topological polar surface area (TPSA) is 58.2 Å². The van der Waals surface area contributed by atoms with Gasteiger partial charge in [0.2, 0.25) is 11.8 Å². The molecule has 0 saturated carbocycles. The van der Waals surface area contributed by atoms with Gasteiger partial charge in [-0.25, -0.2) is 4.39 Å². The van der Waals surface area contributed by atoms with Crippen LogP contribution in [0.15, 0.2) is 29.2 Å². The molecule has 0 radical (unpaired) electrons. The Morgan fingerprint density at radius 2 is 1.86 bits per heavy atom. The number of hydrogen-bond acceptors (Lipinski definition) is 3. The maximum atomic E-state index is 12.8. The van der Waals surface area contributed by atoms with Gasteiger partial charge in [0.25, 0.3) is 0 Å². The number of carbonyl (C=O) groups excluding carboxylic acids is 2. The standard InChI is InChI=1S/C16H23FN2O2S/c1-11(2)15(19-12(3)20)16(21)18-9-4-10-22-14-7-5-13(17)6-8-14/h5-8,11,15H,4,9-10H2,1-3H3,(H,18,21)(H,19,20)/t15-/m0/s1. The van der Waals surface area contributed by atoms with Crippen molar-refractivity contribution < 1.29 is 14.0 Å². The van der Waals surface area contributed by atoms with Gasteiger partial charge in [-0.1, -0.05) is 13.8 Å². The van der Waals surface area contributed by atoms with Crippen molar-refractivity contribution in [1.82, 2.24) is 10.6 Å². The highest BCUT2D eigenvalue weighted by molar-refractivity contribution is 7.99. The van der Waals surface area contributed by atoms with Crippen LogP contribution in [0.1, 0.15) is 27.2 Å². The minimum absolute atomic E-state index is 0.0393. The van der Waals surface area contributed by atoms with E-state index in [1.807, 2.05) is 13.8 Å². The van der Waals surface area contributed by atoms with Gasteiger partial charge in [-0.3, -0.25) is 9.59 Å². The highest BCUT2D eigenvalue weighted by atomic mass is 32.2. The lowest BCUT2D eigenvalue weighted by molar-refractivity contribution is -0.129. The summed E-state index contributed by atoms with van der Waals surface area (Å²) in [4.78, 5) is 24.1. The fourth-order valence-electron chi connectivity index (χ4n) is 1.87. The number of carbonyl (C=O) groups is 2. The first-order valence-electron chi connectivity index (χ1n) is 7.33. The second kappa shape index (κ2) is 9.46. The largest absolute Gasteiger partial charge is 0.354 e. The molecule has 2 N–H and O–H groups in total. The van der Waals surface area contributed by atoms with E-state index in [4.69, 9.17) is 0 Å². The molecule has 6 heteroatoms. The number of amides is 2. The molecule has 0 aliphatic rings. The van der Waals surface area contributed by atoms with Crippen LogP contribution in [0.2, 0.25) is 0 Å². The molecule has 122 valence electrons. The quantitative estimate of drug-likeness (QED) is 0.570. The molecule has 22 heavy (non-hydrogen) atoms. The van der Waals surface area contributed by atoms with Crippen molar-refractivity contribution >= 4 is 23.6 Å². The van der Waals surface area contributed by atoms with Crippen molar-refractivity contribution in [1.29, 1.82) is 0 Å². The predicted octanol–water partition coefficient (Wildman–Crippen LogP) is 2.58. The molecule has 0 aromatic heterocycles. The van der Waals surface area contributed by atoms with Gasteiger partial charge in [-0.05, 0) is 42.4 Å². The van der Waals surface area contributed by atoms with Crippen LogP contribution in [0.25, 0.3) is 0 Å². The third-order valence-electron chi connectivity index (χ3n) is 3.01. The zero-order valence-corrected chi connectivity index (χ0v) is 14.0. The van der Waals surface area contributed by atoms with E-state index in [2.05, 4.69) is 10.6 Å². The molecule has 0 saturated heterocycles. The van der Waals surface area contributed by atoms with Crippen LogP contribution in [-0.4, -0.2) is 30.2 Å². The number of thioether (sulfide) groups is 1. The molecule has 0 aliphatic carbocycles. The lowest BCUT2D eigenvalue weighted by atomic mass is 10.0. The maximum Gasteiger partial charge on any atom is 0.242 e. The summed E-state index contributed by atoms with van der Waals surface area (Å²) in [7, 11) is 0. The SMILES string of the molecule is CC(=O)N[C@H](C(=O)NCCCSc1ccc(F)cc1)C(C)C. The third kappa shape index (κ3) is 6.93. The van der Waals surface area contributed by atoms with E-state index in [1.165, 1.54) is 19.1 Å². The molecule has 0 spiro atoms. The summed E-state index contributed by atoms with van der Waals surface area (Å²) in [6.07, 6.45) is 0.804.